The second-order valence-corrected chi connectivity index (χ2v) is 7.84. The van der Waals surface area contributed by atoms with Gasteiger partial charge in [0.25, 0.3) is 0 Å². The zero-order valence-corrected chi connectivity index (χ0v) is 15.3. The third kappa shape index (κ3) is 4.71. The number of piperazine rings is 1. The first-order valence-corrected chi connectivity index (χ1v) is 9.98. The van der Waals surface area contributed by atoms with Crippen molar-refractivity contribution in [1.29, 1.82) is 0 Å². The van der Waals surface area contributed by atoms with Crippen LogP contribution in [0, 0.1) is 11.6 Å². The summed E-state index contributed by atoms with van der Waals surface area (Å²) in [6.07, 6.45) is 0.551. The Morgan fingerprint density at radius 3 is 2.72 bits per heavy atom. The molecule has 25 heavy (non-hydrogen) atoms. The number of nitrogens with zero attached hydrogens (tertiary/aromatic N) is 2. The van der Waals surface area contributed by atoms with Crippen molar-refractivity contribution in [3.05, 3.63) is 35.4 Å². The molecule has 0 aliphatic carbocycles. The molecular formula is C18H25F2N3OS. The normalized spacial score (nSPS) is 23.5. The van der Waals surface area contributed by atoms with E-state index in [1.165, 1.54) is 12.1 Å². The monoisotopic (exact) mass is 369 g/mol. The summed E-state index contributed by atoms with van der Waals surface area (Å²) in [5.41, 5.74) is 0.504. The van der Waals surface area contributed by atoms with Crippen LogP contribution in [-0.2, 0) is 4.79 Å². The summed E-state index contributed by atoms with van der Waals surface area (Å²) in [6, 6.07) is 3.88. The van der Waals surface area contributed by atoms with E-state index < -0.39 is 11.6 Å². The van der Waals surface area contributed by atoms with E-state index in [1.807, 2.05) is 23.6 Å². The van der Waals surface area contributed by atoms with Gasteiger partial charge in [-0.2, -0.15) is 11.8 Å². The number of carbonyl (C=O) groups excluding carboxylic acids is 1. The summed E-state index contributed by atoms with van der Waals surface area (Å²) >= 11 is 1.89. The first kappa shape index (κ1) is 18.6. The van der Waals surface area contributed by atoms with Gasteiger partial charge in [-0.05, 0) is 13.0 Å². The molecule has 0 bridgehead atoms. The summed E-state index contributed by atoms with van der Waals surface area (Å²) in [5, 5.41) is 3.40. The lowest BCUT2D eigenvalue weighted by atomic mass is 10.0. The first-order chi connectivity index (χ1) is 12.0. The number of amides is 1. The minimum absolute atomic E-state index is 0.130. The molecule has 0 saturated carbocycles. The van der Waals surface area contributed by atoms with Gasteiger partial charge in [-0.25, -0.2) is 8.78 Å². The quantitative estimate of drug-likeness (QED) is 0.883. The van der Waals surface area contributed by atoms with Crippen LogP contribution in [0.15, 0.2) is 18.2 Å². The van der Waals surface area contributed by atoms with Crippen LogP contribution in [0.1, 0.15) is 24.9 Å². The largest absolute Gasteiger partial charge is 0.340 e. The van der Waals surface area contributed by atoms with Crippen molar-refractivity contribution in [2.45, 2.75) is 25.4 Å². The van der Waals surface area contributed by atoms with E-state index in [2.05, 4.69) is 10.2 Å². The van der Waals surface area contributed by atoms with Crippen molar-refractivity contribution in [2.24, 2.45) is 0 Å². The average molecular weight is 369 g/mol. The number of rotatable bonds is 4. The lowest BCUT2D eigenvalue weighted by Gasteiger charge is -2.39. The minimum atomic E-state index is -0.557. The number of benzene rings is 1. The van der Waals surface area contributed by atoms with Gasteiger partial charge >= 0.3 is 0 Å². The van der Waals surface area contributed by atoms with Crippen LogP contribution in [0.3, 0.4) is 0 Å². The highest BCUT2D eigenvalue weighted by Gasteiger charge is 2.27. The maximum absolute atomic E-state index is 14.0. The predicted molar refractivity (Wildman–Crippen MR) is 96.7 cm³/mol. The Balaban J connectivity index is 1.51. The topological polar surface area (TPSA) is 35.6 Å². The number of nitrogens with one attached hydrogen (secondary N) is 1. The van der Waals surface area contributed by atoms with Gasteiger partial charge in [0.1, 0.15) is 11.6 Å². The molecule has 1 amide bonds. The Hall–Kier alpha value is -1.18. The maximum atomic E-state index is 14.0. The second kappa shape index (κ2) is 8.47. The molecule has 2 aliphatic rings. The summed E-state index contributed by atoms with van der Waals surface area (Å²) < 4.78 is 27.1. The lowest BCUT2D eigenvalue weighted by molar-refractivity contribution is -0.133. The standard InChI is InChI=1S/C18H25F2N3OS/c1-13(16-3-2-14(19)10-17(16)20)22-5-7-23(8-6-22)18(24)11-15-12-25-9-4-21-15/h2-3,10,13,15,21H,4-9,11-12H2,1H3. The van der Waals surface area contributed by atoms with Gasteiger partial charge < -0.3 is 10.2 Å². The van der Waals surface area contributed by atoms with E-state index in [1.54, 1.807) is 0 Å². The van der Waals surface area contributed by atoms with E-state index >= 15 is 0 Å². The molecule has 2 saturated heterocycles. The number of thioether (sulfide) groups is 1. The fourth-order valence-electron chi connectivity index (χ4n) is 3.49. The Bertz CT molecular complexity index is 602. The summed E-state index contributed by atoms with van der Waals surface area (Å²) in [7, 11) is 0. The molecule has 2 unspecified atom stereocenters. The van der Waals surface area contributed by atoms with E-state index in [0.29, 0.717) is 38.2 Å². The van der Waals surface area contributed by atoms with Crippen LogP contribution < -0.4 is 5.32 Å². The van der Waals surface area contributed by atoms with Gasteiger partial charge in [0.15, 0.2) is 0 Å². The highest BCUT2D eigenvalue weighted by Crippen LogP contribution is 2.25. The van der Waals surface area contributed by atoms with Crippen molar-refractivity contribution in [3.63, 3.8) is 0 Å². The highest BCUT2D eigenvalue weighted by molar-refractivity contribution is 7.99. The molecule has 0 radical (unpaired) electrons. The van der Waals surface area contributed by atoms with E-state index in [0.717, 1.165) is 24.1 Å². The average Bonchev–Trinajstić information content (AvgIpc) is 2.62. The first-order valence-electron chi connectivity index (χ1n) is 8.82. The Kier molecular flexibility index (Phi) is 6.30. The molecule has 2 atom stereocenters. The fourth-order valence-corrected chi connectivity index (χ4v) is 4.44. The van der Waals surface area contributed by atoms with Gasteiger partial charge in [-0.1, -0.05) is 6.07 Å². The molecule has 1 aromatic carbocycles. The zero-order chi connectivity index (χ0) is 17.8. The Morgan fingerprint density at radius 1 is 1.32 bits per heavy atom. The molecule has 1 N–H and O–H groups in total. The molecule has 0 aromatic heterocycles. The lowest BCUT2D eigenvalue weighted by Crippen LogP contribution is -2.51. The summed E-state index contributed by atoms with van der Waals surface area (Å²) in [6.45, 7) is 5.62. The molecule has 2 heterocycles. The molecule has 2 fully saturated rings. The van der Waals surface area contributed by atoms with Crippen molar-refractivity contribution < 1.29 is 13.6 Å². The van der Waals surface area contributed by atoms with Crippen LogP contribution >= 0.6 is 11.8 Å². The minimum Gasteiger partial charge on any atom is -0.340 e. The third-order valence-electron chi connectivity index (χ3n) is 5.05. The summed E-state index contributed by atoms with van der Waals surface area (Å²) in [5.74, 6) is 1.24. The van der Waals surface area contributed by atoms with E-state index in [9.17, 15) is 13.6 Å². The van der Waals surface area contributed by atoms with E-state index in [4.69, 9.17) is 0 Å². The van der Waals surface area contributed by atoms with Gasteiger partial charge in [-0.3, -0.25) is 9.69 Å². The smallest absolute Gasteiger partial charge is 0.224 e. The maximum Gasteiger partial charge on any atom is 0.224 e. The molecule has 0 spiro atoms. The van der Waals surface area contributed by atoms with Gasteiger partial charge in [0, 0.05) is 74.4 Å². The fraction of sp³-hybridized carbons (Fsp3) is 0.611. The van der Waals surface area contributed by atoms with Crippen molar-refractivity contribution >= 4 is 17.7 Å². The predicted octanol–water partition coefficient (Wildman–Crippen LogP) is 2.27. The van der Waals surface area contributed by atoms with E-state index in [-0.39, 0.29) is 18.0 Å². The SMILES string of the molecule is CC(c1ccc(F)cc1F)N1CCN(C(=O)CC2CSCCN2)CC1. The summed E-state index contributed by atoms with van der Waals surface area (Å²) in [4.78, 5) is 16.5. The van der Waals surface area contributed by atoms with Crippen LogP contribution in [-0.4, -0.2) is 66.0 Å². The Labute approximate surface area is 151 Å². The number of hydrogen-bond acceptors (Lipinski definition) is 4. The molecular weight excluding hydrogens is 344 g/mol. The van der Waals surface area contributed by atoms with Crippen LogP contribution in [0.5, 0.6) is 0 Å². The van der Waals surface area contributed by atoms with Crippen molar-refractivity contribution in [1.82, 2.24) is 15.1 Å². The van der Waals surface area contributed by atoms with Gasteiger partial charge in [-0.15, -0.1) is 0 Å². The van der Waals surface area contributed by atoms with Gasteiger partial charge in [0.05, 0.1) is 0 Å². The molecule has 2 aliphatic heterocycles. The Morgan fingerprint density at radius 2 is 2.08 bits per heavy atom. The number of carbonyl (C=O) groups is 1. The molecule has 4 nitrogen and oxygen atoms in total. The van der Waals surface area contributed by atoms with Crippen LogP contribution in [0.2, 0.25) is 0 Å². The molecule has 7 heteroatoms. The second-order valence-electron chi connectivity index (χ2n) is 6.69. The molecule has 1 aromatic rings. The van der Waals surface area contributed by atoms with Crippen molar-refractivity contribution in [2.75, 3.05) is 44.2 Å². The number of halogens is 2. The zero-order valence-electron chi connectivity index (χ0n) is 14.5. The van der Waals surface area contributed by atoms with Gasteiger partial charge in [0.2, 0.25) is 5.91 Å². The highest BCUT2D eigenvalue weighted by atomic mass is 32.2. The van der Waals surface area contributed by atoms with Crippen LogP contribution in [0.25, 0.3) is 0 Å². The van der Waals surface area contributed by atoms with Crippen molar-refractivity contribution in [3.8, 4) is 0 Å². The molecule has 3 rings (SSSR count). The number of hydrogen-bond donors (Lipinski definition) is 1. The third-order valence-corrected chi connectivity index (χ3v) is 6.18. The molecule has 138 valence electrons. The van der Waals surface area contributed by atoms with Crippen LogP contribution in [0.4, 0.5) is 8.78 Å².